The van der Waals surface area contributed by atoms with Gasteiger partial charge in [0, 0.05) is 17.1 Å². The average molecular weight is 288 g/mol. The Morgan fingerprint density at radius 1 is 1.25 bits per heavy atom. The molecule has 0 aliphatic rings. The maximum Gasteiger partial charge on any atom is 0.187 e. The van der Waals surface area contributed by atoms with Gasteiger partial charge in [0.2, 0.25) is 0 Å². The summed E-state index contributed by atoms with van der Waals surface area (Å²) in [6.45, 7) is 0. The van der Waals surface area contributed by atoms with Crippen molar-refractivity contribution < 1.29 is 8.78 Å². The monoisotopic (exact) mass is 288 g/mol. The van der Waals surface area contributed by atoms with Gasteiger partial charge in [-0.3, -0.25) is 0 Å². The molecular formula is C13H6F2N4S. The molecule has 0 aliphatic heterocycles. The van der Waals surface area contributed by atoms with E-state index in [4.69, 9.17) is 10.5 Å². The van der Waals surface area contributed by atoms with Gasteiger partial charge in [-0.1, -0.05) is 0 Å². The number of nitrogens with zero attached hydrogens (tertiary/aromatic N) is 3. The molecular weight excluding hydrogens is 282 g/mol. The van der Waals surface area contributed by atoms with Crippen LogP contribution < -0.4 is 5.32 Å². The summed E-state index contributed by atoms with van der Waals surface area (Å²) in [6.07, 6.45) is 1.23. The number of benzene rings is 1. The van der Waals surface area contributed by atoms with Gasteiger partial charge in [0.1, 0.15) is 17.7 Å². The van der Waals surface area contributed by atoms with E-state index in [9.17, 15) is 8.78 Å². The second-order valence-corrected chi connectivity index (χ2v) is 4.45. The first-order valence-corrected chi connectivity index (χ1v) is 6.20. The minimum atomic E-state index is -0.943. The summed E-state index contributed by atoms with van der Waals surface area (Å²) in [4.78, 5) is 4.15. The summed E-state index contributed by atoms with van der Waals surface area (Å²) >= 11 is 1.22. The normalized spacial score (nSPS) is 9.40. The molecule has 1 aromatic heterocycles. The van der Waals surface area contributed by atoms with Crippen LogP contribution in [0.4, 0.5) is 13.9 Å². The third kappa shape index (κ3) is 2.97. The lowest BCUT2D eigenvalue weighted by Crippen LogP contribution is -1.89. The fourth-order valence-electron chi connectivity index (χ4n) is 1.35. The Labute approximate surface area is 117 Å². The van der Waals surface area contributed by atoms with Crippen LogP contribution in [0.15, 0.2) is 35.4 Å². The van der Waals surface area contributed by atoms with Gasteiger partial charge in [-0.15, -0.1) is 11.3 Å². The van der Waals surface area contributed by atoms with E-state index in [0.717, 1.165) is 12.1 Å². The number of rotatable bonds is 3. The standard InChI is InChI=1S/C13H6F2N4S/c14-10-2-1-9(3-11(10)15)12-7-20-13(19-12)18-6-8(4-16)5-17/h1-3,6-7H,(H,18,19). The Morgan fingerprint density at radius 2 is 2.00 bits per heavy atom. The summed E-state index contributed by atoms with van der Waals surface area (Å²) < 4.78 is 26.0. The quantitative estimate of drug-likeness (QED) is 0.878. The maximum atomic E-state index is 13.1. The highest BCUT2D eigenvalue weighted by Crippen LogP contribution is 2.26. The SMILES string of the molecule is N#CC(C#N)=CNc1nc(-c2ccc(F)c(F)c2)cs1. The lowest BCUT2D eigenvalue weighted by Gasteiger charge is -1.98. The zero-order valence-corrected chi connectivity index (χ0v) is 10.7. The Bertz CT molecular complexity index is 736. The molecule has 0 unspecified atom stereocenters. The molecule has 2 rings (SSSR count). The van der Waals surface area contributed by atoms with Gasteiger partial charge in [0.15, 0.2) is 16.8 Å². The molecule has 0 amide bonds. The highest BCUT2D eigenvalue weighted by atomic mass is 32.1. The van der Waals surface area contributed by atoms with Crippen molar-refractivity contribution in [3.8, 4) is 23.4 Å². The smallest absolute Gasteiger partial charge is 0.187 e. The summed E-state index contributed by atoms with van der Waals surface area (Å²) in [5.41, 5.74) is 0.827. The van der Waals surface area contributed by atoms with Crippen molar-refractivity contribution in [3.63, 3.8) is 0 Å². The Balaban J connectivity index is 2.21. The molecule has 0 atom stereocenters. The highest BCUT2D eigenvalue weighted by molar-refractivity contribution is 7.14. The Hall–Kier alpha value is -2.77. The lowest BCUT2D eigenvalue weighted by atomic mass is 10.2. The molecule has 1 heterocycles. The second-order valence-electron chi connectivity index (χ2n) is 3.59. The van der Waals surface area contributed by atoms with E-state index >= 15 is 0 Å². The molecule has 20 heavy (non-hydrogen) atoms. The van der Waals surface area contributed by atoms with Crippen molar-refractivity contribution >= 4 is 16.5 Å². The van der Waals surface area contributed by atoms with Crippen LogP contribution >= 0.6 is 11.3 Å². The average Bonchev–Trinajstić information content (AvgIpc) is 2.92. The molecule has 0 fully saturated rings. The molecule has 0 saturated carbocycles. The number of allylic oxidation sites excluding steroid dienone is 1. The first-order chi connectivity index (χ1) is 9.63. The first kappa shape index (κ1) is 13.7. The zero-order chi connectivity index (χ0) is 14.5. The van der Waals surface area contributed by atoms with Gasteiger partial charge in [-0.05, 0) is 18.2 Å². The van der Waals surface area contributed by atoms with Crippen molar-refractivity contribution in [2.75, 3.05) is 5.32 Å². The summed E-state index contributed by atoms with van der Waals surface area (Å²) in [6, 6.07) is 6.90. The largest absolute Gasteiger partial charge is 0.336 e. The molecule has 1 N–H and O–H groups in total. The predicted molar refractivity (Wildman–Crippen MR) is 70.4 cm³/mol. The third-order valence-corrected chi connectivity index (χ3v) is 3.07. The first-order valence-electron chi connectivity index (χ1n) is 5.32. The molecule has 4 nitrogen and oxygen atoms in total. The van der Waals surface area contributed by atoms with Gasteiger partial charge >= 0.3 is 0 Å². The van der Waals surface area contributed by atoms with Crippen LogP contribution in [0.25, 0.3) is 11.3 Å². The van der Waals surface area contributed by atoms with Crippen molar-refractivity contribution in [3.05, 3.63) is 47.0 Å². The molecule has 0 spiro atoms. The van der Waals surface area contributed by atoms with Gasteiger partial charge < -0.3 is 5.32 Å². The summed E-state index contributed by atoms with van der Waals surface area (Å²) in [5, 5.41) is 21.9. The molecule has 0 saturated heterocycles. The molecule has 0 aliphatic carbocycles. The zero-order valence-electron chi connectivity index (χ0n) is 9.89. The van der Waals surface area contributed by atoms with Crippen molar-refractivity contribution in [1.29, 1.82) is 10.5 Å². The summed E-state index contributed by atoms with van der Waals surface area (Å²) in [7, 11) is 0. The van der Waals surface area contributed by atoms with Crippen LogP contribution in [0.2, 0.25) is 0 Å². The Kier molecular flexibility index (Phi) is 4.04. The highest BCUT2D eigenvalue weighted by Gasteiger charge is 2.08. The van der Waals surface area contributed by atoms with E-state index in [1.165, 1.54) is 23.6 Å². The van der Waals surface area contributed by atoms with Crippen LogP contribution in [0.3, 0.4) is 0 Å². The van der Waals surface area contributed by atoms with E-state index in [1.54, 1.807) is 17.5 Å². The van der Waals surface area contributed by atoms with Gasteiger partial charge in [-0.2, -0.15) is 10.5 Å². The van der Waals surface area contributed by atoms with E-state index < -0.39 is 11.6 Å². The van der Waals surface area contributed by atoms with Crippen LogP contribution in [-0.4, -0.2) is 4.98 Å². The number of nitrogens with one attached hydrogen (secondary N) is 1. The molecule has 2 aromatic rings. The molecule has 1 aromatic carbocycles. The van der Waals surface area contributed by atoms with Crippen LogP contribution in [0.5, 0.6) is 0 Å². The number of aromatic nitrogens is 1. The third-order valence-electron chi connectivity index (χ3n) is 2.30. The second kappa shape index (κ2) is 5.91. The lowest BCUT2D eigenvalue weighted by molar-refractivity contribution is 0.509. The van der Waals surface area contributed by atoms with E-state index in [0.29, 0.717) is 16.4 Å². The molecule has 98 valence electrons. The predicted octanol–water partition coefficient (Wildman–Crippen LogP) is 3.43. The summed E-state index contributed by atoms with van der Waals surface area (Å²) in [5.74, 6) is -1.86. The Morgan fingerprint density at radius 3 is 2.65 bits per heavy atom. The van der Waals surface area contributed by atoms with Gasteiger partial charge in [0.25, 0.3) is 0 Å². The fraction of sp³-hybridized carbons (Fsp3) is 0. The van der Waals surface area contributed by atoms with Crippen molar-refractivity contribution in [2.45, 2.75) is 0 Å². The number of hydrogen-bond acceptors (Lipinski definition) is 5. The van der Waals surface area contributed by atoms with E-state index in [1.807, 2.05) is 0 Å². The molecule has 0 radical (unpaired) electrons. The number of thiazole rings is 1. The van der Waals surface area contributed by atoms with E-state index in [2.05, 4.69) is 10.3 Å². The fourth-order valence-corrected chi connectivity index (χ4v) is 2.04. The number of hydrogen-bond donors (Lipinski definition) is 1. The number of halogens is 2. The maximum absolute atomic E-state index is 13.1. The molecule has 7 heteroatoms. The topological polar surface area (TPSA) is 72.5 Å². The van der Waals surface area contributed by atoms with Gasteiger partial charge in [-0.25, -0.2) is 13.8 Å². The van der Waals surface area contributed by atoms with E-state index in [-0.39, 0.29) is 5.57 Å². The van der Waals surface area contributed by atoms with Gasteiger partial charge in [0.05, 0.1) is 5.69 Å². The number of nitriles is 2. The molecule has 0 bridgehead atoms. The van der Waals surface area contributed by atoms with Crippen molar-refractivity contribution in [1.82, 2.24) is 4.98 Å². The van der Waals surface area contributed by atoms with Crippen LogP contribution in [0, 0.1) is 34.3 Å². The minimum Gasteiger partial charge on any atom is -0.336 e. The minimum absolute atomic E-state index is 0.0884. The number of anilines is 1. The van der Waals surface area contributed by atoms with Crippen LogP contribution in [-0.2, 0) is 0 Å². The van der Waals surface area contributed by atoms with Crippen molar-refractivity contribution in [2.24, 2.45) is 0 Å². The van der Waals surface area contributed by atoms with Crippen LogP contribution in [0.1, 0.15) is 0 Å².